The van der Waals surface area contributed by atoms with E-state index in [0.29, 0.717) is 30.5 Å². The molecule has 0 radical (unpaired) electrons. The first-order chi connectivity index (χ1) is 15.4. The van der Waals surface area contributed by atoms with Gasteiger partial charge >= 0.3 is 0 Å². The molecule has 3 aromatic rings. The third-order valence-corrected chi connectivity index (χ3v) is 7.60. The van der Waals surface area contributed by atoms with Crippen molar-refractivity contribution in [3.63, 3.8) is 0 Å². The van der Waals surface area contributed by atoms with Crippen LogP contribution in [0.1, 0.15) is 38.2 Å². The third kappa shape index (κ3) is 4.37. The van der Waals surface area contributed by atoms with Crippen molar-refractivity contribution in [2.45, 2.75) is 56.6 Å². The van der Waals surface area contributed by atoms with E-state index in [2.05, 4.69) is 15.6 Å². The molecule has 2 aromatic carbocycles. The zero-order chi connectivity index (χ0) is 22.7. The molecule has 0 bridgehead atoms. The van der Waals surface area contributed by atoms with E-state index in [4.69, 9.17) is 0 Å². The number of aromatic nitrogens is 3. The number of aryl methyl sites for hydroxylation is 1. The van der Waals surface area contributed by atoms with Crippen LogP contribution in [0.25, 0.3) is 11.0 Å². The van der Waals surface area contributed by atoms with E-state index in [9.17, 15) is 17.6 Å². The van der Waals surface area contributed by atoms with E-state index in [1.807, 2.05) is 6.92 Å². The molecule has 1 atom stereocenters. The summed E-state index contributed by atoms with van der Waals surface area (Å²) < 4.78 is 43.7. The topological polar surface area (TPSA) is 97.2 Å². The molecule has 1 saturated heterocycles. The van der Waals surface area contributed by atoms with E-state index < -0.39 is 27.8 Å². The van der Waals surface area contributed by atoms with Crippen molar-refractivity contribution in [1.82, 2.24) is 24.6 Å². The smallest absolute Gasteiger partial charge is 0.243 e. The quantitative estimate of drug-likeness (QED) is 0.586. The predicted molar refractivity (Wildman–Crippen MR) is 118 cm³/mol. The lowest BCUT2D eigenvalue weighted by molar-refractivity contribution is -0.125. The number of nitrogens with one attached hydrogen (secondary N) is 1. The van der Waals surface area contributed by atoms with E-state index in [0.717, 1.165) is 18.4 Å². The van der Waals surface area contributed by atoms with Gasteiger partial charge in [0.25, 0.3) is 0 Å². The number of hydrogen-bond acceptors (Lipinski definition) is 5. The van der Waals surface area contributed by atoms with Gasteiger partial charge < -0.3 is 5.32 Å². The molecule has 32 heavy (non-hydrogen) atoms. The molecule has 1 N–H and O–H groups in total. The van der Waals surface area contributed by atoms with Gasteiger partial charge in [-0.3, -0.25) is 4.79 Å². The number of nitrogens with zero attached hydrogens (tertiary/aromatic N) is 4. The second kappa shape index (κ2) is 9.33. The zero-order valence-corrected chi connectivity index (χ0v) is 18.7. The number of amides is 1. The lowest BCUT2D eigenvalue weighted by atomic mass is 10.0. The number of rotatable bonds is 7. The van der Waals surface area contributed by atoms with Gasteiger partial charge in [0.05, 0.1) is 10.4 Å². The van der Waals surface area contributed by atoms with E-state index >= 15 is 0 Å². The van der Waals surface area contributed by atoms with Crippen LogP contribution in [0.4, 0.5) is 4.39 Å². The average molecular weight is 460 g/mol. The second-order valence-corrected chi connectivity index (χ2v) is 9.79. The van der Waals surface area contributed by atoms with Crippen molar-refractivity contribution in [2.24, 2.45) is 0 Å². The maximum absolute atomic E-state index is 13.9. The number of benzene rings is 2. The number of piperidine rings is 1. The van der Waals surface area contributed by atoms with Gasteiger partial charge in [0.2, 0.25) is 15.9 Å². The first-order valence-corrected chi connectivity index (χ1v) is 12.2. The maximum atomic E-state index is 13.9. The van der Waals surface area contributed by atoms with Gasteiger partial charge in [0, 0.05) is 25.2 Å². The maximum Gasteiger partial charge on any atom is 0.243 e. The molecular formula is C22H26FN5O3S. The molecule has 0 saturated carbocycles. The summed E-state index contributed by atoms with van der Waals surface area (Å²) in [6, 6.07) is 10.1. The van der Waals surface area contributed by atoms with E-state index in [1.165, 1.54) is 22.5 Å². The molecule has 170 valence electrons. The monoisotopic (exact) mass is 459 g/mol. The van der Waals surface area contributed by atoms with Crippen LogP contribution in [0.15, 0.2) is 47.4 Å². The minimum Gasteiger partial charge on any atom is -0.351 e. The Morgan fingerprint density at radius 3 is 2.81 bits per heavy atom. The SMILES string of the molecule is CCCn1nnc2cc(S(=O)(=O)N3CCCC[C@@H]3C(=O)NCc3ccccc3F)ccc21. The number of halogens is 1. The Hall–Kier alpha value is -2.85. The lowest BCUT2D eigenvalue weighted by Crippen LogP contribution is -2.51. The number of carbonyl (C=O) groups excluding carboxylic acids is 1. The highest BCUT2D eigenvalue weighted by molar-refractivity contribution is 7.89. The van der Waals surface area contributed by atoms with Gasteiger partial charge in [0.1, 0.15) is 17.4 Å². The Morgan fingerprint density at radius 1 is 1.22 bits per heavy atom. The minimum atomic E-state index is -3.92. The second-order valence-electron chi connectivity index (χ2n) is 7.90. The molecular weight excluding hydrogens is 433 g/mol. The normalized spacial score (nSPS) is 17.5. The Balaban J connectivity index is 1.56. The number of sulfonamides is 1. The Labute approximate surface area is 186 Å². The largest absolute Gasteiger partial charge is 0.351 e. The first kappa shape index (κ1) is 22.3. The summed E-state index contributed by atoms with van der Waals surface area (Å²) in [5.41, 5.74) is 1.62. The van der Waals surface area contributed by atoms with E-state index in [1.54, 1.807) is 28.9 Å². The Bertz CT molecular complexity index is 1230. The lowest BCUT2D eigenvalue weighted by Gasteiger charge is -2.33. The van der Waals surface area contributed by atoms with Crippen LogP contribution < -0.4 is 5.32 Å². The van der Waals surface area contributed by atoms with Gasteiger partial charge in [-0.25, -0.2) is 17.5 Å². The Morgan fingerprint density at radius 2 is 2.03 bits per heavy atom. The molecule has 1 aliphatic rings. The van der Waals surface area contributed by atoms with Crippen molar-refractivity contribution in [3.8, 4) is 0 Å². The minimum absolute atomic E-state index is 0.00237. The molecule has 2 heterocycles. The molecule has 8 nitrogen and oxygen atoms in total. The van der Waals surface area contributed by atoms with Crippen LogP contribution in [0, 0.1) is 5.82 Å². The molecule has 0 unspecified atom stereocenters. The van der Waals surface area contributed by atoms with Crippen LogP contribution >= 0.6 is 0 Å². The van der Waals surface area contributed by atoms with E-state index in [-0.39, 0.29) is 18.0 Å². The van der Waals surface area contributed by atoms with Crippen molar-refractivity contribution < 1.29 is 17.6 Å². The third-order valence-electron chi connectivity index (χ3n) is 5.69. The first-order valence-electron chi connectivity index (χ1n) is 10.8. The average Bonchev–Trinajstić information content (AvgIpc) is 3.21. The van der Waals surface area contributed by atoms with Crippen LogP contribution in [0.5, 0.6) is 0 Å². The van der Waals surface area contributed by atoms with Crippen molar-refractivity contribution >= 4 is 27.0 Å². The van der Waals surface area contributed by atoms with Crippen molar-refractivity contribution in [3.05, 3.63) is 53.8 Å². The highest BCUT2D eigenvalue weighted by Gasteiger charge is 2.37. The molecule has 1 aromatic heterocycles. The number of carbonyl (C=O) groups is 1. The predicted octanol–water partition coefficient (Wildman–Crippen LogP) is 2.84. The van der Waals surface area contributed by atoms with Gasteiger partial charge in [-0.2, -0.15) is 4.31 Å². The van der Waals surface area contributed by atoms with Gasteiger partial charge in [0.15, 0.2) is 0 Å². The van der Waals surface area contributed by atoms with Crippen LogP contribution in [-0.2, 0) is 27.9 Å². The van der Waals surface area contributed by atoms with Crippen molar-refractivity contribution in [1.29, 1.82) is 0 Å². The highest BCUT2D eigenvalue weighted by Crippen LogP contribution is 2.27. The molecule has 10 heteroatoms. The summed E-state index contributed by atoms with van der Waals surface area (Å²) in [5.74, 6) is -0.836. The summed E-state index contributed by atoms with van der Waals surface area (Å²) in [5, 5.41) is 10.9. The summed E-state index contributed by atoms with van der Waals surface area (Å²) in [6.45, 7) is 2.97. The molecule has 1 fully saturated rings. The molecule has 1 aliphatic heterocycles. The fourth-order valence-electron chi connectivity index (χ4n) is 4.02. The molecule has 0 spiro atoms. The Kier molecular flexibility index (Phi) is 6.52. The fourth-order valence-corrected chi connectivity index (χ4v) is 5.70. The summed E-state index contributed by atoms with van der Waals surface area (Å²) in [7, 11) is -3.92. The van der Waals surface area contributed by atoms with Crippen LogP contribution in [-0.4, -0.2) is 46.2 Å². The molecule has 1 amide bonds. The zero-order valence-electron chi connectivity index (χ0n) is 17.9. The van der Waals surface area contributed by atoms with Crippen LogP contribution in [0.3, 0.4) is 0 Å². The number of hydrogen-bond donors (Lipinski definition) is 1. The highest BCUT2D eigenvalue weighted by atomic mass is 32.2. The summed E-state index contributed by atoms with van der Waals surface area (Å²) in [6.07, 6.45) is 2.71. The standard InChI is InChI=1S/C22H26FN5O3S/c1-2-12-27-20-11-10-17(14-19(20)25-26-27)32(30,31)28-13-6-5-9-21(28)22(29)24-15-16-7-3-4-8-18(16)23/h3-4,7-8,10-11,14,21H,2,5-6,9,12-13,15H2,1H3,(H,24,29)/t21-/m1/s1. The fraction of sp³-hybridized carbons (Fsp3) is 0.409. The molecule has 4 rings (SSSR count). The van der Waals surface area contributed by atoms with Gasteiger partial charge in [-0.1, -0.05) is 36.8 Å². The van der Waals surface area contributed by atoms with Crippen LogP contribution in [0.2, 0.25) is 0 Å². The van der Waals surface area contributed by atoms with Gasteiger partial charge in [-0.05, 0) is 43.5 Å². The van der Waals surface area contributed by atoms with Crippen molar-refractivity contribution in [2.75, 3.05) is 6.54 Å². The summed E-state index contributed by atoms with van der Waals surface area (Å²) in [4.78, 5) is 13.0. The molecule has 0 aliphatic carbocycles. The van der Waals surface area contributed by atoms with Gasteiger partial charge in [-0.15, -0.1) is 5.10 Å². The summed E-state index contributed by atoms with van der Waals surface area (Å²) >= 11 is 0. The number of fused-ring (bicyclic) bond motifs is 1.